The Morgan fingerprint density at radius 1 is 1.25 bits per heavy atom. The topological polar surface area (TPSA) is 55.8 Å². The highest BCUT2D eigenvalue weighted by Gasteiger charge is 2.32. The van der Waals surface area contributed by atoms with Crippen LogP contribution in [0.15, 0.2) is 24.3 Å². The molecule has 0 saturated carbocycles. The highest BCUT2D eigenvalue weighted by atomic mass is 16.5. The summed E-state index contributed by atoms with van der Waals surface area (Å²) in [5.41, 5.74) is 2.19. The third-order valence-electron chi connectivity index (χ3n) is 3.58. The summed E-state index contributed by atoms with van der Waals surface area (Å²) in [4.78, 5) is 25.5. The molecule has 0 radical (unpaired) electrons. The van der Waals surface area contributed by atoms with Crippen molar-refractivity contribution in [2.45, 2.75) is 25.3 Å². The van der Waals surface area contributed by atoms with Gasteiger partial charge < -0.3 is 14.4 Å². The van der Waals surface area contributed by atoms with E-state index in [4.69, 9.17) is 4.74 Å². The number of para-hydroxylation sites is 1. The number of carbonyl (C=O) groups excluding carboxylic acids is 2. The summed E-state index contributed by atoms with van der Waals surface area (Å²) < 4.78 is 9.52. The van der Waals surface area contributed by atoms with Crippen LogP contribution in [0, 0.1) is 0 Å². The zero-order valence-corrected chi connectivity index (χ0v) is 11.8. The molecule has 1 heterocycles. The zero-order valence-electron chi connectivity index (χ0n) is 11.8. The zero-order chi connectivity index (χ0) is 14.5. The largest absolute Gasteiger partial charge is 0.469 e. The van der Waals surface area contributed by atoms with Gasteiger partial charge in [-0.3, -0.25) is 4.79 Å². The van der Waals surface area contributed by atoms with Crippen molar-refractivity contribution in [1.29, 1.82) is 0 Å². The van der Waals surface area contributed by atoms with E-state index < -0.39 is 18.0 Å². The minimum Gasteiger partial charge on any atom is -0.469 e. The van der Waals surface area contributed by atoms with E-state index in [1.54, 1.807) is 0 Å². The van der Waals surface area contributed by atoms with Crippen molar-refractivity contribution in [2.75, 3.05) is 25.7 Å². The number of nitrogens with zero attached hydrogens (tertiary/aromatic N) is 1. The lowest BCUT2D eigenvalue weighted by Gasteiger charge is -2.36. The molecule has 1 aliphatic rings. The second kappa shape index (κ2) is 6.41. The molecule has 1 atom stereocenters. The van der Waals surface area contributed by atoms with Crippen LogP contribution >= 0.6 is 0 Å². The maximum Gasteiger partial charge on any atom is 0.329 e. The van der Waals surface area contributed by atoms with Gasteiger partial charge in [0.15, 0.2) is 0 Å². The molecule has 1 aromatic carbocycles. The molecular weight excluding hydrogens is 258 g/mol. The number of esters is 2. The first kappa shape index (κ1) is 14.4. The molecule has 0 bridgehead atoms. The Bertz CT molecular complexity index is 500. The molecule has 0 fully saturated rings. The molecule has 0 unspecified atom stereocenters. The number of fused-ring (bicyclic) bond motifs is 1. The fourth-order valence-corrected chi connectivity index (χ4v) is 2.58. The van der Waals surface area contributed by atoms with Crippen LogP contribution in [0.25, 0.3) is 0 Å². The van der Waals surface area contributed by atoms with Gasteiger partial charge in [0.2, 0.25) is 0 Å². The van der Waals surface area contributed by atoms with Gasteiger partial charge in [0.25, 0.3) is 0 Å². The first-order chi connectivity index (χ1) is 9.67. The van der Waals surface area contributed by atoms with E-state index in [1.165, 1.54) is 19.8 Å². The average Bonchev–Trinajstić information content (AvgIpc) is 2.51. The van der Waals surface area contributed by atoms with E-state index in [0.29, 0.717) is 0 Å². The summed E-state index contributed by atoms with van der Waals surface area (Å²) in [6.07, 6.45) is 1.93. The number of benzene rings is 1. The molecule has 5 heteroatoms. The lowest BCUT2D eigenvalue weighted by Crippen LogP contribution is -2.46. The third kappa shape index (κ3) is 2.92. The van der Waals surface area contributed by atoms with E-state index in [-0.39, 0.29) is 6.42 Å². The van der Waals surface area contributed by atoms with E-state index in [2.05, 4.69) is 4.74 Å². The van der Waals surface area contributed by atoms with Gasteiger partial charge in [-0.15, -0.1) is 0 Å². The lowest BCUT2D eigenvalue weighted by atomic mass is 9.99. The van der Waals surface area contributed by atoms with Gasteiger partial charge >= 0.3 is 11.9 Å². The number of rotatable bonds is 4. The number of carbonyl (C=O) groups is 2. The normalized spacial score (nSPS) is 15.2. The summed E-state index contributed by atoms with van der Waals surface area (Å²) in [5.74, 6) is -0.824. The first-order valence-electron chi connectivity index (χ1n) is 6.66. The van der Waals surface area contributed by atoms with Crippen LogP contribution in [0.3, 0.4) is 0 Å². The standard InChI is InChI=1S/C15H19NO4/c1-19-14(17)10-13(15(18)20-2)16-9-5-7-11-6-3-4-8-12(11)16/h3-4,6,8,13H,5,7,9-10H2,1-2H3/t13-/m1/s1. The van der Waals surface area contributed by atoms with Crippen LogP contribution < -0.4 is 4.90 Å². The number of hydrogen-bond donors (Lipinski definition) is 0. The Kier molecular flexibility index (Phi) is 4.61. The number of aryl methyl sites for hydroxylation is 1. The van der Waals surface area contributed by atoms with Crippen LogP contribution in [0.1, 0.15) is 18.4 Å². The Morgan fingerprint density at radius 3 is 2.70 bits per heavy atom. The van der Waals surface area contributed by atoms with Crippen LogP contribution in [-0.2, 0) is 25.5 Å². The molecule has 2 rings (SSSR count). The fraction of sp³-hybridized carbons (Fsp3) is 0.467. The lowest BCUT2D eigenvalue weighted by molar-refractivity contribution is -0.148. The van der Waals surface area contributed by atoms with Gasteiger partial charge in [-0.1, -0.05) is 18.2 Å². The molecule has 0 aliphatic carbocycles. The number of anilines is 1. The second-order valence-electron chi connectivity index (χ2n) is 4.74. The smallest absolute Gasteiger partial charge is 0.329 e. The number of methoxy groups -OCH3 is 2. The molecule has 0 aromatic heterocycles. The van der Waals surface area contributed by atoms with Crippen molar-refractivity contribution in [3.05, 3.63) is 29.8 Å². The first-order valence-corrected chi connectivity index (χ1v) is 6.66. The second-order valence-corrected chi connectivity index (χ2v) is 4.74. The molecule has 0 saturated heterocycles. The summed E-state index contributed by atoms with van der Waals surface area (Å²) >= 11 is 0. The predicted molar refractivity (Wildman–Crippen MR) is 74.5 cm³/mol. The fourth-order valence-electron chi connectivity index (χ4n) is 2.58. The molecule has 20 heavy (non-hydrogen) atoms. The Labute approximate surface area is 118 Å². The van der Waals surface area contributed by atoms with Gasteiger partial charge in [-0.2, -0.15) is 0 Å². The van der Waals surface area contributed by atoms with Gasteiger partial charge in [0.1, 0.15) is 6.04 Å². The highest BCUT2D eigenvalue weighted by molar-refractivity contribution is 5.86. The Hall–Kier alpha value is -2.04. The summed E-state index contributed by atoms with van der Waals surface area (Å²) in [6.45, 7) is 0.730. The van der Waals surface area contributed by atoms with Crippen molar-refractivity contribution in [3.8, 4) is 0 Å². The van der Waals surface area contributed by atoms with E-state index in [1.807, 2.05) is 29.2 Å². The maximum absolute atomic E-state index is 12.0. The minimum atomic E-state index is -0.631. The van der Waals surface area contributed by atoms with Crippen molar-refractivity contribution in [2.24, 2.45) is 0 Å². The van der Waals surface area contributed by atoms with E-state index in [9.17, 15) is 9.59 Å². The quantitative estimate of drug-likeness (QED) is 0.781. The minimum absolute atomic E-state index is 0.00247. The monoisotopic (exact) mass is 277 g/mol. The van der Waals surface area contributed by atoms with Gasteiger partial charge in [-0.25, -0.2) is 4.79 Å². The van der Waals surface area contributed by atoms with Crippen LogP contribution in [0.2, 0.25) is 0 Å². The molecule has 108 valence electrons. The molecule has 1 aromatic rings. The summed E-state index contributed by atoms with van der Waals surface area (Å²) in [5, 5.41) is 0. The predicted octanol–water partition coefficient (Wildman–Crippen LogP) is 1.54. The third-order valence-corrected chi connectivity index (χ3v) is 3.58. The van der Waals surface area contributed by atoms with Gasteiger partial charge in [0.05, 0.1) is 20.6 Å². The Morgan fingerprint density at radius 2 is 2.00 bits per heavy atom. The van der Waals surface area contributed by atoms with Crippen molar-refractivity contribution in [1.82, 2.24) is 0 Å². The van der Waals surface area contributed by atoms with E-state index >= 15 is 0 Å². The molecular formula is C15H19NO4. The summed E-state index contributed by atoms with van der Waals surface area (Å²) in [6, 6.07) is 7.31. The molecule has 5 nitrogen and oxygen atoms in total. The number of hydrogen-bond acceptors (Lipinski definition) is 5. The van der Waals surface area contributed by atoms with Crippen LogP contribution in [0.4, 0.5) is 5.69 Å². The van der Waals surface area contributed by atoms with Gasteiger partial charge in [-0.05, 0) is 24.5 Å². The molecule has 0 spiro atoms. The molecule has 0 N–H and O–H groups in total. The van der Waals surface area contributed by atoms with Crippen molar-refractivity contribution in [3.63, 3.8) is 0 Å². The highest BCUT2D eigenvalue weighted by Crippen LogP contribution is 2.29. The summed E-state index contributed by atoms with van der Waals surface area (Å²) in [7, 11) is 2.66. The number of ether oxygens (including phenoxy) is 2. The molecule has 0 amide bonds. The average molecular weight is 277 g/mol. The molecule has 1 aliphatic heterocycles. The van der Waals surface area contributed by atoms with Crippen LogP contribution in [0.5, 0.6) is 0 Å². The van der Waals surface area contributed by atoms with Crippen molar-refractivity contribution >= 4 is 17.6 Å². The van der Waals surface area contributed by atoms with Crippen molar-refractivity contribution < 1.29 is 19.1 Å². The van der Waals surface area contributed by atoms with Gasteiger partial charge in [0, 0.05) is 12.2 Å². The Balaban J connectivity index is 2.30. The maximum atomic E-state index is 12.0. The SMILES string of the molecule is COC(=O)C[C@H](C(=O)OC)N1CCCc2ccccc21. The van der Waals surface area contributed by atoms with Crippen LogP contribution in [-0.4, -0.2) is 38.7 Å². The van der Waals surface area contributed by atoms with E-state index in [0.717, 1.165) is 25.1 Å².